The zero-order valence-electron chi connectivity index (χ0n) is 10.7. The number of nitrogens with one attached hydrogen (secondary N) is 1. The third-order valence-electron chi connectivity index (χ3n) is 2.92. The van der Waals surface area contributed by atoms with Crippen molar-refractivity contribution in [2.24, 2.45) is 5.92 Å². The van der Waals surface area contributed by atoms with Crippen LogP contribution in [0.1, 0.15) is 6.92 Å². The molecule has 1 aromatic heterocycles. The Hall–Kier alpha value is -1.13. The van der Waals surface area contributed by atoms with Gasteiger partial charge in [-0.05, 0) is 25.6 Å². The second-order valence-corrected chi connectivity index (χ2v) is 5.43. The monoisotopic (exact) mass is 307 g/mol. The van der Waals surface area contributed by atoms with E-state index in [1.807, 2.05) is 25.6 Å². The number of nitrogens with zero attached hydrogens (tertiary/aromatic N) is 2. The summed E-state index contributed by atoms with van der Waals surface area (Å²) in [5.41, 5.74) is 2.34. The van der Waals surface area contributed by atoms with Gasteiger partial charge in [0, 0.05) is 16.6 Å². The van der Waals surface area contributed by atoms with E-state index in [1.54, 1.807) is 0 Å². The highest BCUT2D eigenvalue weighted by molar-refractivity contribution is 9.10. The minimum absolute atomic E-state index is 0.574. The van der Waals surface area contributed by atoms with Crippen LogP contribution in [0.25, 0.3) is 11.3 Å². The topological polar surface area (TPSA) is 29.9 Å². The molecule has 0 aliphatic carbocycles. The van der Waals surface area contributed by atoms with Crippen LogP contribution in [0.15, 0.2) is 41.3 Å². The van der Waals surface area contributed by atoms with Crippen molar-refractivity contribution in [3.8, 4) is 11.3 Å². The predicted octanol–water partition coefficient (Wildman–Crippen LogP) is 3.17. The second kappa shape index (κ2) is 6.16. The standard InChI is InChI=1S/C14H18BrN3/c1-11(7-16-2)9-18-10-17-8-14(18)12-5-3-4-6-13(12)15/h3-6,8,10-11,16H,7,9H2,1-2H3. The van der Waals surface area contributed by atoms with Gasteiger partial charge in [-0.1, -0.05) is 41.1 Å². The first-order valence-corrected chi connectivity index (χ1v) is 6.91. The van der Waals surface area contributed by atoms with E-state index in [9.17, 15) is 0 Å². The second-order valence-electron chi connectivity index (χ2n) is 4.57. The Morgan fingerprint density at radius 1 is 1.39 bits per heavy atom. The highest BCUT2D eigenvalue weighted by Gasteiger charge is 2.10. The molecule has 96 valence electrons. The molecule has 2 rings (SSSR count). The van der Waals surface area contributed by atoms with Gasteiger partial charge in [0.1, 0.15) is 0 Å². The van der Waals surface area contributed by atoms with Crippen molar-refractivity contribution < 1.29 is 0 Å². The lowest BCUT2D eigenvalue weighted by atomic mass is 10.1. The number of benzene rings is 1. The molecule has 1 atom stereocenters. The van der Waals surface area contributed by atoms with Gasteiger partial charge in [0.15, 0.2) is 0 Å². The number of aromatic nitrogens is 2. The molecule has 1 unspecified atom stereocenters. The molecule has 18 heavy (non-hydrogen) atoms. The maximum absolute atomic E-state index is 4.27. The summed E-state index contributed by atoms with van der Waals surface area (Å²) in [6.07, 6.45) is 3.83. The fourth-order valence-corrected chi connectivity index (χ4v) is 2.60. The van der Waals surface area contributed by atoms with Gasteiger partial charge in [-0.15, -0.1) is 0 Å². The van der Waals surface area contributed by atoms with Gasteiger partial charge < -0.3 is 9.88 Å². The lowest BCUT2D eigenvalue weighted by Gasteiger charge is -2.14. The molecule has 2 aromatic rings. The van der Waals surface area contributed by atoms with E-state index in [-0.39, 0.29) is 0 Å². The number of hydrogen-bond acceptors (Lipinski definition) is 2. The molecule has 0 saturated heterocycles. The Bertz CT molecular complexity index is 507. The van der Waals surface area contributed by atoms with E-state index in [2.05, 4.69) is 55.9 Å². The van der Waals surface area contributed by atoms with Crippen LogP contribution in [0.4, 0.5) is 0 Å². The Kier molecular flexibility index (Phi) is 4.55. The van der Waals surface area contributed by atoms with Gasteiger partial charge in [0.25, 0.3) is 0 Å². The Morgan fingerprint density at radius 3 is 2.89 bits per heavy atom. The third-order valence-corrected chi connectivity index (χ3v) is 3.61. The van der Waals surface area contributed by atoms with Gasteiger partial charge in [-0.3, -0.25) is 0 Å². The van der Waals surface area contributed by atoms with Crippen LogP contribution < -0.4 is 5.32 Å². The molecule has 1 aromatic carbocycles. The molecule has 0 amide bonds. The molecule has 1 heterocycles. The number of halogens is 1. The lowest BCUT2D eigenvalue weighted by molar-refractivity contribution is 0.464. The van der Waals surface area contributed by atoms with Gasteiger partial charge in [0.2, 0.25) is 0 Å². The van der Waals surface area contributed by atoms with Crippen molar-refractivity contribution in [3.05, 3.63) is 41.3 Å². The van der Waals surface area contributed by atoms with Gasteiger partial charge in [-0.2, -0.15) is 0 Å². The molecular weight excluding hydrogens is 290 g/mol. The van der Waals surface area contributed by atoms with E-state index in [4.69, 9.17) is 0 Å². The summed E-state index contributed by atoms with van der Waals surface area (Å²) >= 11 is 3.60. The summed E-state index contributed by atoms with van der Waals surface area (Å²) in [5, 5.41) is 3.21. The third kappa shape index (κ3) is 3.00. The molecule has 0 spiro atoms. The molecule has 0 aliphatic rings. The molecule has 3 nitrogen and oxygen atoms in total. The maximum atomic E-state index is 4.27. The summed E-state index contributed by atoms with van der Waals surface area (Å²) in [5.74, 6) is 0.574. The minimum Gasteiger partial charge on any atom is -0.330 e. The number of imidazole rings is 1. The summed E-state index contributed by atoms with van der Waals surface area (Å²) < 4.78 is 3.32. The Balaban J connectivity index is 2.25. The van der Waals surface area contributed by atoms with Gasteiger partial charge >= 0.3 is 0 Å². The van der Waals surface area contributed by atoms with Crippen LogP contribution in [0.2, 0.25) is 0 Å². The average Bonchev–Trinajstić information content (AvgIpc) is 2.78. The van der Waals surface area contributed by atoms with E-state index in [1.165, 1.54) is 5.56 Å². The molecule has 0 radical (unpaired) electrons. The van der Waals surface area contributed by atoms with Crippen LogP contribution in [-0.4, -0.2) is 23.1 Å². The largest absolute Gasteiger partial charge is 0.330 e. The Morgan fingerprint density at radius 2 is 2.17 bits per heavy atom. The lowest BCUT2D eigenvalue weighted by Crippen LogP contribution is -2.20. The summed E-state index contributed by atoms with van der Waals surface area (Å²) in [6.45, 7) is 4.21. The first-order valence-electron chi connectivity index (χ1n) is 6.12. The minimum atomic E-state index is 0.574. The van der Waals surface area contributed by atoms with E-state index < -0.39 is 0 Å². The van der Waals surface area contributed by atoms with Crippen molar-refractivity contribution in [1.82, 2.24) is 14.9 Å². The summed E-state index contributed by atoms with van der Waals surface area (Å²) in [7, 11) is 1.99. The smallest absolute Gasteiger partial charge is 0.0951 e. The fourth-order valence-electron chi connectivity index (χ4n) is 2.11. The van der Waals surface area contributed by atoms with E-state index >= 15 is 0 Å². The highest BCUT2D eigenvalue weighted by atomic mass is 79.9. The van der Waals surface area contributed by atoms with Crippen molar-refractivity contribution in [2.75, 3.05) is 13.6 Å². The van der Waals surface area contributed by atoms with Crippen LogP contribution in [0, 0.1) is 5.92 Å². The predicted molar refractivity (Wildman–Crippen MR) is 78.5 cm³/mol. The molecule has 0 fully saturated rings. The highest BCUT2D eigenvalue weighted by Crippen LogP contribution is 2.27. The molecule has 0 saturated carbocycles. The molecule has 0 aliphatic heterocycles. The summed E-state index contributed by atoms with van der Waals surface area (Å²) in [6, 6.07) is 8.25. The van der Waals surface area contributed by atoms with Crippen molar-refractivity contribution in [1.29, 1.82) is 0 Å². The zero-order chi connectivity index (χ0) is 13.0. The van der Waals surface area contributed by atoms with Gasteiger partial charge in [-0.25, -0.2) is 4.98 Å². The van der Waals surface area contributed by atoms with Crippen LogP contribution in [-0.2, 0) is 6.54 Å². The van der Waals surface area contributed by atoms with Crippen molar-refractivity contribution in [2.45, 2.75) is 13.5 Å². The van der Waals surface area contributed by atoms with Crippen LogP contribution in [0.5, 0.6) is 0 Å². The zero-order valence-corrected chi connectivity index (χ0v) is 12.3. The SMILES string of the molecule is CNCC(C)Cn1cncc1-c1ccccc1Br. The number of rotatable bonds is 5. The first kappa shape index (κ1) is 13.3. The maximum Gasteiger partial charge on any atom is 0.0951 e. The molecule has 0 bridgehead atoms. The van der Waals surface area contributed by atoms with E-state index in [0.717, 1.165) is 23.3 Å². The quantitative estimate of drug-likeness (QED) is 0.919. The molecule has 4 heteroatoms. The first-order chi connectivity index (χ1) is 8.72. The van der Waals surface area contributed by atoms with Gasteiger partial charge in [0.05, 0.1) is 18.2 Å². The molecular formula is C14H18BrN3. The summed E-state index contributed by atoms with van der Waals surface area (Å²) in [4.78, 5) is 4.27. The number of hydrogen-bond donors (Lipinski definition) is 1. The van der Waals surface area contributed by atoms with Crippen LogP contribution in [0.3, 0.4) is 0 Å². The average molecular weight is 308 g/mol. The molecule has 1 N–H and O–H groups in total. The van der Waals surface area contributed by atoms with Crippen LogP contribution >= 0.6 is 15.9 Å². The van der Waals surface area contributed by atoms with E-state index in [0.29, 0.717) is 5.92 Å². The van der Waals surface area contributed by atoms with Crippen molar-refractivity contribution >= 4 is 15.9 Å². The van der Waals surface area contributed by atoms with Crippen molar-refractivity contribution in [3.63, 3.8) is 0 Å². The fraction of sp³-hybridized carbons (Fsp3) is 0.357. The normalized spacial score (nSPS) is 12.6. The Labute approximate surface area is 116 Å².